The van der Waals surface area contributed by atoms with E-state index in [0.29, 0.717) is 16.6 Å². The Morgan fingerprint density at radius 1 is 1.23 bits per heavy atom. The number of hydrogen-bond donors (Lipinski definition) is 2. The molecule has 128 valence electrons. The molecular formula is C17H10N4O5. The van der Waals surface area contributed by atoms with Crippen molar-refractivity contribution < 1.29 is 14.8 Å². The molecule has 0 aliphatic carbocycles. The summed E-state index contributed by atoms with van der Waals surface area (Å²) in [5, 5.41) is 20.6. The number of carboxylic acid groups (broad SMARTS) is 1. The molecule has 0 amide bonds. The number of aromatic amines is 1. The number of aromatic carboxylic acids is 1. The number of benzene rings is 2. The summed E-state index contributed by atoms with van der Waals surface area (Å²) in [4.78, 5) is 41.3. The number of nitrogens with one attached hydrogen (secondary N) is 1. The van der Waals surface area contributed by atoms with Gasteiger partial charge >= 0.3 is 5.97 Å². The lowest BCUT2D eigenvalue weighted by molar-refractivity contribution is -0.383. The molecule has 0 aliphatic rings. The summed E-state index contributed by atoms with van der Waals surface area (Å²) < 4.78 is 1.30. The van der Waals surface area contributed by atoms with Crippen LogP contribution in [0.25, 0.3) is 27.8 Å². The second-order valence-electron chi connectivity index (χ2n) is 5.59. The predicted molar refractivity (Wildman–Crippen MR) is 92.8 cm³/mol. The van der Waals surface area contributed by atoms with Crippen molar-refractivity contribution in [1.82, 2.24) is 14.5 Å². The van der Waals surface area contributed by atoms with Gasteiger partial charge in [0.2, 0.25) is 5.82 Å². The monoisotopic (exact) mass is 350 g/mol. The summed E-state index contributed by atoms with van der Waals surface area (Å²) in [6, 6.07) is 10.9. The Kier molecular flexibility index (Phi) is 3.29. The quantitative estimate of drug-likeness (QED) is 0.431. The molecule has 0 saturated heterocycles. The topological polar surface area (TPSA) is 131 Å². The first-order valence-electron chi connectivity index (χ1n) is 7.48. The highest BCUT2D eigenvalue weighted by molar-refractivity contribution is 5.98. The number of hydrogen-bond acceptors (Lipinski definition) is 5. The van der Waals surface area contributed by atoms with Crippen LogP contribution in [-0.2, 0) is 0 Å². The Labute approximate surface area is 144 Å². The van der Waals surface area contributed by atoms with Crippen LogP contribution in [0.4, 0.5) is 5.69 Å². The summed E-state index contributed by atoms with van der Waals surface area (Å²) in [6.07, 6.45) is 1.17. The van der Waals surface area contributed by atoms with Gasteiger partial charge < -0.3 is 10.1 Å². The van der Waals surface area contributed by atoms with Crippen LogP contribution in [0.5, 0.6) is 0 Å². The zero-order valence-electron chi connectivity index (χ0n) is 13.0. The maximum Gasteiger partial charge on any atom is 0.335 e. The normalized spacial score (nSPS) is 11.1. The molecule has 0 spiro atoms. The highest BCUT2D eigenvalue weighted by Crippen LogP contribution is 2.30. The Hall–Kier alpha value is -4.01. The van der Waals surface area contributed by atoms with Crippen molar-refractivity contribution in [3.8, 4) is 5.82 Å². The fourth-order valence-electron chi connectivity index (χ4n) is 2.85. The van der Waals surface area contributed by atoms with E-state index in [4.69, 9.17) is 5.11 Å². The average Bonchev–Trinajstić information content (AvgIpc) is 3.00. The lowest BCUT2D eigenvalue weighted by Crippen LogP contribution is -2.16. The molecule has 9 heteroatoms. The molecule has 0 unspecified atom stereocenters. The van der Waals surface area contributed by atoms with Gasteiger partial charge in [-0.2, -0.15) is 0 Å². The van der Waals surface area contributed by atoms with Gasteiger partial charge in [-0.3, -0.25) is 19.5 Å². The number of rotatable bonds is 3. The molecule has 9 nitrogen and oxygen atoms in total. The number of nitro groups is 1. The van der Waals surface area contributed by atoms with Crippen LogP contribution in [0.1, 0.15) is 10.4 Å². The van der Waals surface area contributed by atoms with Crippen LogP contribution in [0, 0.1) is 10.1 Å². The summed E-state index contributed by atoms with van der Waals surface area (Å²) in [6.45, 7) is 0. The number of nitrogens with zero attached hydrogens (tertiary/aromatic N) is 3. The van der Waals surface area contributed by atoms with Crippen LogP contribution in [0.15, 0.2) is 53.5 Å². The van der Waals surface area contributed by atoms with Crippen LogP contribution in [-0.4, -0.2) is 30.5 Å². The minimum atomic E-state index is -1.20. The second-order valence-corrected chi connectivity index (χ2v) is 5.59. The molecule has 4 rings (SSSR count). The number of carbonyl (C=O) groups is 1. The van der Waals surface area contributed by atoms with E-state index in [1.807, 2.05) is 0 Å². The van der Waals surface area contributed by atoms with Crippen molar-refractivity contribution in [1.29, 1.82) is 0 Å². The van der Waals surface area contributed by atoms with E-state index in [-0.39, 0.29) is 22.5 Å². The Balaban J connectivity index is 2.06. The summed E-state index contributed by atoms with van der Waals surface area (Å²) in [7, 11) is 0. The van der Waals surface area contributed by atoms with Gasteiger partial charge in [0.05, 0.1) is 38.6 Å². The zero-order chi connectivity index (χ0) is 18.4. The Bertz CT molecular complexity index is 1270. The van der Waals surface area contributed by atoms with Crippen LogP contribution in [0.2, 0.25) is 0 Å². The largest absolute Gasteiger partial charge is 0.478 e. The maximum atomic E-state index is 12.4. The lowest BCUT2D eigenvalue weighted by atomic mass is 10.1. The summed E-state index contributed by atoms with van der Waals surface area (Å²) in [5.41, 5.74) is 0.470. The van der Waals surface area contributed by atoms with E-state index in [1.165, 1.54) is 29.0 Å². The highest BCUT2D eigenvalue weighted by Gasteiger charge is 2.22. The van der Waals surface area contributed by atoms with E-state index in [2.05, 4.69) is 9.97 Å². The molecule has 0 radical (unpaired) electrons. The third kappa shape index (κ3) is 2.30. The van der Waals surface area contributed by atoms with Gasteiger partial charge in [0.15, 0.2) is 0 Å². The fourth-order valence-corrected chi connectivity index (χ4v) is 2.85. The van der Waals surface area contributed by atoms with Crippen molar-refractivity contribution in [2.24, 2.45) is 0 Å². The van der Waals surface area contributed by atoms with E-state index < -0.39 is 16.5 Å². The van der Waals surface area contributed by atoms with Gasteiger partial charge in [0.1, 0.15) is 0 Å². The number of carboxylic acids is 1. The molecule has 26 heavy (non-hydrogen) atoms. The first kappa shape index (κ1) is 15.5. The third-order valence-electron chi connectivity index (χ3n) is 4.04. The minimum absolute atomic E-state index is 0.0372. The lowest BCUT2D eigenvalue weighted by Gasteiger charge is -2.05. The average molecular weight is 350 g/mol. The maximum absolute atomic E-state index is 12.4. The molecule has 0 aliphatic heterocycles. The van der Waals surface area contributed by atoms with E-state index in [1.54, 1.807) is 24.3 Å². The third-order valence-corrected chi connectivity index (χ3v) is 4.04. The molecule has 2 aromatic heterocycles. The van der Waals surface area contributed by atoms with E-state index in [0.717, 1.165) is 0 Å². The molecule has 4 aromatic rings. The molecule has 2 N–H and O–H groups in total. The van der Waals surface area contributed by atoms with Gasteiger partial charge in [-0.1, -0.05) is 12.1 Å². The first-order valence-corrected chi connectivity index (χ1v) is 7.48. The second kappa shape index (κ2) is 5.52. The zero-order valence-corrected chi connectivity index (χ0v) is 13.0. The van der Waals surface area contributed by atoms with Crippen molar-refractivity contribution in [2.75, 3.05) is 0 Å². The predicted octanol–water partition coefficient (Wildman–Crippen LogP) is 2.47. The summed E-state index contributed by atoms with van der Waals surface area (Å²) >= 11 is 0. The first-order chi connectivity index (χ1) is 12.5. The van der Waals surface area contributed by atoms with Crippen molar-refractivity contribution in [3.63, 3.8) is 0 Å². The molecule has 0 saturated carbocycles. The van der Waals surface area contributed by atoms with E-state index in [9.17, 15) is 19.7 Å². The van der Waals surface area contributed by atoms with Gasteiger partial charge in [-0.15, -0.1) is 0 Å². The molecule has 0 bridgehead atoms. The number of aromatic nitrogens is 3. The number of para-hydroxylation sites is 2. The standard InChI is InChI=1S/C17H10N4O5/c22-16-15(18-11-3-1-2-4-12(11)19-16)20-8-14(21(25)26)10-7-9(17(23)24)5-6-13(10)20/h1-8H,(H,19,22)(H,23,24). The molecule has 2 aromatic carbocycles. The number of H-pyrrole nitrogens is 1. The Morgan fingerprint density at radius 3 is 2.73 bits per heavy atom. The molecule has 2 heterocycles. The summed E-state index contributed by atoms with van der Waals surface area (Å²) in [5.74, 6) is -1.24. The van der Waals surface area contributed by atoms with Gasteiger partial charge in [-0.05, 0) is 30.3 Å². The highest BCUT2D eigenvalue weighted by atomic mass is 16.6. The SMILES string of the molecule is O=C(O)c1ccc2c(c1)c([N+](=O)[O-])cn2-c1nc2ccccc2[nH]c1=O. The van der Waals surface area contributed by atoms with Crippen molar-refractivity contribution in [3.05, 3.63) is 74.7 Å². The van der Waals surface area contributed by atoms with E-state index >= 15 is 0 Å². The van der Waals surface area contributed by atoms with Gasteiger partial charge in [0, 0.05) is 0 Å². The van der Waals surface area contributed by atoms with Gasteiger partial charge in [0.25, 0.3) is 11.2 Å². The molecule has 0 fully saturated rings. The van der Waals surface area contributed by atoms with Crippen LogP contribution in [0.3, 0.4) is 0 Å². The van der Waals surface area contributed by atoms with Crippen molar-refractivity contribution >= 4 is 33.6 Å². The Morgan fingerprint density at radius 2 is 2.00 bits per heavy atom. The van der Waals surface area contributed by atoms with Crippen LogP contribution >= 0.6 is 0 Å². The van der Waals surface area contributed by atoms with Crippen molar-refractivity contribution in [2.45, 2.75) is 0 Å². The minimum Gasteiger partial charge on any atom is -0.478 e. The molecule has 0 atom stereocenters. The number of fused-ring (bicyclic) bond motifs is 2. The fraction of sp³-hybridized carbons (Fsp3) is 0. The molecular weight excluding hydrogens is 340 g/mol. The van der Waals surface area contributed by atoms with Gasteiger partial charge in [-0.25, -0.2) is 9.78 Å². The van der Waals surface area contributed by atoms with Crippen LogP contribution < -0.4 is 5.56 Å². The smallest absolute Gasteiger partial charge is 0.335 e.